The van der Waals surface area contributed by atoms with E-state index >= 15 is 0 Å². The monoisotopic (exact) mass is 409 g/mol. The Morgan fingerprint density at radius 1 is 1.17 bits per heavy atom. The van der Waals surface area contributed by atoms with Gasteiger partial charge in [-0.2, -0.15) is 0 Å². The second-order valence-corrected chi connectivity index (χ2v) is 8.31. The van der Waals surface area contributed by atoms with E-state index in [1.807, 2.05) is 29.7 Å². The number of nitrogens with one attached hydrogen (secondary N) is 1. The number of imide groups is 1. The molecule has 29 heavy (non-hydrogen) atoms. The highest BCUT2D eigenvalue weighted by Crippen LogP contribution is 2.36. The van der Waals surface area contributed by atoms with Crippen molar-refractivity contribution >= 4 is 34.2 Å². The van der Waals surface area contributed by atoms with Gasteiger partial charge in [0.25, 0.3) is 0 Å². The Morgan fingerprint density at radius 2 is 1.79 bits per heavy atom. The number of hydrogen-bond acceptors (Lipinski definition) is 5. The lowest BCUT2D eigenvalue weighted by Crippen LogP contribution is -2.46. The van der Waals surface area contributed by atoms with Crippen LogP contribution in [-0.4, -0.2) is 33.6 Å². The topological polar surface area (TPSA) is 79.4 Å². The van der Waals surface area contributed by atoms with Crippen molar-refractivity contribution in [2.75, 3.05) is 5.32 Å². The highest BCUT2D eigenvalue weighted by atomic mass is 32.1. The molecule has 0 unspecified atom stereocenters. The van der Waals surface area contributed by atoms with E-state index in [9.17, 15) is 14.4 Å². The summed E-state index contributed by atoms with van der Waals surface area (Å²) in [5, 5.41) is 5.10. The number of nitrogens with zero attached hydrogens (tertiary/aromatic N) is 2. The van der Waals surface area contributed by atoms with Crippen LogP contribution in [-0.2, 0) is 20.8 Å². The molecule has 1 aromatic heterocycles. The molecule has 2 aromatic rings. The predicted molar refractivity (Wildman–Crippen MR) is 112 cm³/mol. The number of likely N-dealkylation sites (tertiary alicyclic amines) is 1. The summed E-state index contributed by atoms with van der Waals surface area (Å²) >= 11 is 1.32. The van der Waals surface area contributed by atoms with Gasteiger partial charge in [0.05, 0.1) is 17.5 Å². The number of rotatable bonds is 5. The number of anilines is 1. The van der Waals surface area contributed by atoms with E-state index in [4.69, 9.17) is 0 Å². The van der Waals surface area contributed by atoms with E-state index in [0.717, 1.165) is 22.6 Å². The minimum absolute atomic E-state index is 0.247. The van der Waals surface area contributed by atoms with Crippen LogP contribution in [0.4, 0.5) is 5.13 Å². The maximum Gasteiger partial charge on any atom is 0.249 e. The summed E-state index contributed by atoms with van der Waals surface area (Å²) in [7, 11) is 0. The number of carbonyl (C=O) groups excluding carboxylic acids is 3. The molecule has 150 valence electrons. The van der Waals surface area contributed by atoms with Crippen LogP contribution in [0, 0.1) is 11.8 Å². The van der Waals surface area contributed by atoms with Gasteiger partial charge in [-0.1, -0.05) is 43.3 Å². The SMILES string of the molecule is CCc1ccc(-c2csc(NC(=O)[C@H](C)N3C(=O)[C@H]4CC=CC[C@H]4C3=O)n2)cc1. The van der Waals surface area contributed by atoms with Crippen molar-refractivity contribution in [3.63, 3.8) is 0 Å². The maximum absolute atomic E-state index is 12.7. The van der Waals surface area contributed by atoms with Gasteiger partial charge in [-0.05, 0) is 31.7 Å². The number of aryl methyl sites for hydroxylation is 1. The molecule has 0 spiro atoms. The van der Waals surface area contributed by atoms with Crippen LogP contribution in [0.1, 0.15) is 32.3 Å². The van der Waals surface area contributed by atoms with Gasteiger partial charge in [0.15, 0.2) is 5.13 Å². The zero-order valence-corrected chi connectivity index (χ0v) is 17.2. The molecule has 0 radical (unpaired) electrons. The number of fused-ring (bicyclic) bond motifs is 1. The van der Waals surface area contributed by atoms with Gasteiger partial charge in [-0.3, -0.25) is 19.3 Å². The predicted octanol–water partition coefficient (Wildman–Crippen LogP) is 3.65. The van der Waals surface area contributed by atoms with Crippen molar-refractivity contribution in [2.24, 2.45) is 11.8 Å². The third-order valence-electron chi connectivity index (χ3n) is 5.70. The molecule has 1 aliphatic carbocycles. The number of aromatic nitrogens is 1. The average Bonchev–Trinajstić information content (AvgIpc) is 3.31. The Labute approximate surface area is 173 Å². The van der Waals surface area contributed by atoms with Crippen LogP contribution in [0.5, 0.6) is 0 Å². The van der Waals surface area contributed by atoms with Gasteiger partial charge in [-0.25, -0.2) is 4.98 Å². The minimum Gasteiger partial charge on any atom is -0.300 e. The van der Waals surface area contributed by atoms with E-state index in [1.54, 1.807) is 6.92 Å². The van der Waals surface area contributed by atoms with Crippen molar-refractivity contribution in [2.45, 2.75) is 39.2 Å². The highest BCUT2D eigenvalue weighted by Gasteiger charge is 2.50. The second-order valence-electron chi connectivity index (χ2n) is 7.46. The zero-order chi connectivity index (χ0) is 20.5. The average molecular weight is 410 g/mol. The Balaban J connectivity index is 1.45. The Kier molecular flexibility index (Phi) is 5.32. The molecule has 1 aromatic carbocycles. The summed E-state index contributed by atoms with van der Waals surface area (Å²) in [5.41, 5.74) is 3.02. The summed E-state index contributed by atoms with van der Waals surface area (Å²) in [5.74, 6) is -1.56. The second kappa shape index (κ2) is 7.91. The molecule has 1 aliphatic heterocycles. The van der Waals surface area contributed by atoms with Crippen molar-refractivity contribution in [1.82, 2.24) is 9.88 Å². The Bertz CT molecular complexity index is 953. The first kappa shape index (κ1) is 19.5. The van der Waals surface area contributed by atoms with Gasteiger partial charge in [0, 0.05) is 10.9 Å². The minimum atomic E-state index is -0.864. The molecule has 3 amide bonds. The Morgan fingerprint density at radius 3 is 2.38 bits per heavy atom. The first-order valence-electron chi connectivity index (χ1n) is 9.87. The molecule has 1 fully saturated rings. The maximum atomic E-state index is 12.7. The molecule has 3 atom stereocenters. The van der Waals surface area contributed by atoms with Crippen molar-refractivity contribution in [1.29, 1.82) is 0 Å². The van der Waals surface area contributed by atoms with Gasteiger partial charge in [-0.15, -0.1) is 11.3 Å². The van der Waals surface area contributed by atoms with Crippen molar-refractivity contribution in [3.05, 3.63) is 47.4 Å². The molecule has 6 nitrogen and oxygen atoms in total. The first-order valence-corrected chi connectivity index (χ1v) is 10.7. The summed E-state index contributed by atoms with van der Waals surface area (Å²) in [6.45, 7) is 3.70. The summed E-state index contributed by atoms with van der Waals surface area (Å²) < 4.78 is 0. The third-order valence-corrected chi connectivity index (χ3v) is 6.46. The third kappa shape index (κ3) is 3.62. The van der Waals surface area contributed by atoms with Crippen LogP contribution in [0.2, 0.25) is 0 Å². The zero-order valence-electron chi connectivity index (χ0n) is 16.4. The number of hydrogen-bond donors (Lipinski definition) is 1. The van der Waals surface area contributed by atoms with Crippen LogP contribution in [0.25, 0.3) is 11.3 Å². The van der Waals surface area contributed by atoms with Crippen LogP contribution < -0.4 is 5.32 Å². The number of thiazole rings is 1. The van der Waals surface area contributed by atoms with Gasteiger partial charge in [0.1, 0.15) is 6.04 Å². The lowest BCUT2D eigenvalue weighted by Gasteiger charge is -2.21. The van der Waals surface area contributed by atoms with Crippen LogP contribution >= 0.6 is 11.3 Å². The van der Waals surface area contributed by atoms with E-state index in [0.29, 0.717) is 18.0 Å². The molecule has 0 saturated carbocycles. The fourth-order valence-electron chi connectivity index (χ4n) is 3.91. The summed E-state index contributed by atoms with van der Waals surface area (Å²) in [4.78, 5) is 43.7. The lowest BCUT2D eigenvalue weighted by atomic mass is 9.85. The molecule has 0 bridgehead atoms. The summed E-state index contributed by atoms with van der Waals surface area (Å²) in [6.07, 6.45) is 5.97. The molecule has 2 heterocycles. The van der Waals surface area contributed by atoms with Gasteiger partial charge < -0.3 is 5.32 Å². The Hall–Kier alpha value is -2.80. The van der Waals surface area contributed by atoms with E-state index in [2.05, 4.69) is 29.4 Å². The molecular formula is C22H23N3O3S. The molecule has 2 aliphatic rings. The number of allylic oxidation sites excluding steroid dienone is 2. The fourth-order valence-corrected chi connectivity index (χ4v) is 4.63. The van der Waals surface area contributed by atoms with Crippen molar-refractivity contribution in [3.8, 4) is 11.3 Å². The van der Waals surface area contributed by atoms with Crippen LogP contribution in [0.3, 0.4) is 0 Å². The van der Waals surface area contributed by atoms with E-state index in [1.165, 1.54) is 16.9 Å². The van der Waals surface area contributed by atoms with Crippen molar-refractivity contribution < 1.29 is 14.4 Å². The number of benzene rings is 1. The normalized spacial score (nSPS) is 21.9. The summed E-state index contributed by atoms with van der Waals surface area (Å²) in [6, 6.07) is 7.29. The molecular weight excluding hydrogens is 386 g/mol. The standard InChI is InChI=1S/C22H23N3O3S/c1-3-14-8-10-15(11-9-14)18-12-29-22(23-18)24-19(26)13(2)25-20(27)16-6-4-5-7-17(16)21(25)28/h4-5,8-13,16-17H,3,6-7H2,1-2H3,(H,23,24,26)/t13-,16-,17+/m0/s1. The molecule has 1 saturated heterocycles. The first-order chi connectivity index (χ1) is 14.0. The van der Waals surface area contributed by atoms with E-state index < -0.39 is 11.9 Å². The number of carbonyl (C=O) groups is 3. The van der Waals surface area contributed by atoms with Gasteiger partial charge >= 0.3 is 0 Å². The quantitative estimate of drug-likeness (QED) is 0.604. The molecule has 1 N–H and O–H groups in total. The van der Waals surface area contributed by atoms with Gasteiger partial charge in [0.2, 0.25) is 17.7 Å². The largest absolute Gasteiger partial charge is 0.300 e. The van der Waals surface area contributed by atoms with Crippen LogP contribution in [0.15, 0.2) is 41.8 Å². The molecule has 7 heteroatoms. The fraction of sp³-hybridized carbons (Fsp3) is 0.364. The smallest absolute Gasteiger partial charge is 0.249 e. The highest BCUT2D eigenvalue weighted by molar-refractivity contribution is 7.14. The van der Waals surface area contributed by atoms with E-state index in [-0.39, 0.29) is 23.7 Å². The number of amides is 3. The molecule has 4 rings (SSSR count). The lowest BCUT2D eigenvalue weighted by molar-refractivity contribution is -0.146.